The van der Waals surface area contributed by atoms with Crippen molar-refractivity contribution >= 4 is 46.4 Å². The smallest absolute Gasteiger partial charge is 0.171 e. The zero-order valence-electron chi connectivity index (χ0n) is 14.3. The second-order valence-corrected chi connectivity index (χ2v) is 6.75. The van der Waals surface area contributed by atoms with E-state index in [0.717, 1.165) is 37.4 Å². The predicted octanol–water partition coefficient (Wildman–Crippen LogP) is 4.26. The summed E-state index contributed by atoms with van der Waals surface area (Å²) in [5.41, 5.74) is 1.97. The van der Waals surface area contributed by atoms with Crippen molar-refractivity contribution in [3.05, 3.63) is 45.6 Å². The van der Waals surface area contributed by atoms with Crippen LogP contribution in [0.5, 0.6) is 0 Å². The molecule has 0 unspecified atom stereocenters. The van der Waals surface area contributed by atoms with Gasteiger partial charge in [-0.15, -0.1) is 0 Å². The average Bonchev–Trinajstić information content (AvgIpc) is 2.89. The zero-order chi connectivity index (χ0) is 18.2. The van der Waals surface area contributed by atoms with Crippen molar-refractivity contribution in [3.63, 3.8) is 0 Å². The van der Waals surface area contributed by atoms with Crippen LogP contribution in [0.25, 0.3) is 0 Å². The first-order valence-electron chi connectivity index (χ1n) is 8.10. The van der Waals surface area contributed by atoms with E-state index in [1.54, 1.807) is 6.07 Å². The lowest BCUT2D eigenvalue weighted by atomic mass is 10.2. The quantitative estimate of drug-likeness (QED) is 0.511. The van der Waals surface area contributed by atoms with Gasteiger partial charge in [-0.3, -0.25) is 4.68 Å². The van der Waals surface area contributed by atoms with E-state index < -0.39 is 0 Å². The van der Waals surface area contributed by atoms with Crippen molar-refractivity contribution < 1.29 is 4.74 Å². The number of rotatable bonds is 8. The largest absolute Gasteiger partial charge is 0.382 e. The van der Waals surface area contributed by atoms with E-state index in [9.17, 15) is 0 Å². The summed E-state index contributed by atoms with van der Waals surface area (Å²) in [4.78, 5) is 0. The first-order valence-corrected chi connectivity index (χ1v) is 9.27. The van der Waals surface area contributed by atoms with Crippen LogP contribution in [-0.2, 0) is 11.3 Å². The fourth-order valence-corrected chi connectivity index (χ4v) is 2.90. The molecule has 0 bridgehead atoms. The van der Waals surface area contributed by atoms with Gasteiger partial charge in [0.05, 0.1) is 6.54 Å². The fraction of sp³-hybridized carbons (Fsp3) is 0.412. The Hall–Kier alpha value is -1.34. The number of aromatic nitrogens is 2. The van der Waals surface area contributed by atoms with Crippen molar-refractivity contribution in [2.45, 2.75) is 26.8 Å². The van der Waals surface area contributed by atoms with Crippen LogP contribution in [0.3, 0.4) is 0 Å². The number of ether oxygens (including phenoxy) is 1. The van der Waals surface area contributed by atoms with E-state index in [4.69, 9.17) is 40.2 Å². The Morgan fingerprint density at radius 3 is 2.84 bits per heavy atom. The molecule has 8 heteroatoms. The number of thiocarbonyl (C=S) groups is 1. The molecule has 25 heavy (non-hydrogen) atoms. The molecule has 0 saturated heterocycles. The topological polar surface area (TPSA) is 51.1 Å². The van der Waals surface area contributed by atoms with Crippen molar-refractivity contribution in [2.75, 3.05) is 25.1 Å². The summed E-state index contributed by atoms with van der Waals surface area (Å²) in [6.45, 7) is 6.75. The van der Waals surface area contributed by atoms with E-state index in [2.05, 4.69) is 15.7 Å². The Balaban J connectivity index is 1.90. The minimum atomic E-state index is 0.547. The van der Waals surface area contributed by atoms with Crippen molar-refractivity contribution in [1.82, 2.24) is 15.1 Å². The Bertz CT molecular complexity index is 721. The molecule has 0 saturated carbocycles. The first kappa shape index (κ1) is 20.0. The molecule has 0 radical (unpaired) electrons. The number of nitrogens with one attached hydrogen (secondary N) is 2. The number of halogens is 2. The van der Waals surface area contributed by atoms with Gasteiger partial charge in [0, 0.05) is 41.6 Å². The summed E-state index contributed by atoms with van der Waals surface area (Å²) < 4.78 is 7.16. The van der Waals surface area contributed by atoms with Crippen LogP contribution < -0.4 is 10.6 Å². The highest BCUT2D eigenvalue weighted by Gasteiger charge is 2.08. The molecule has 1 heterocycles. The molecule has 0 fully saturated rings. The van der Waals surface area contributed by atoms with Crippen LogP contribution in [0.1, 0.15) is 24.6 Å². The van der Waals surface area contributed by atoms with Gasteiger partial charge in [0.15, 0.2) is 10.9 Å². The van der Waals surface area contributed by atoms with E-state index in [-0.39, 0.29) is 0 Å². The average molecular weight is 401 g/mol. The summed E-state index contributed by atoms with van der Waals surface area (Å²) in [6.07, 6.45) is 0.901. The van der Waals surface area contributed by atoms with Crippen LogP contribution in [0, 0.1) is 6.92 Å². The summed E-state index contributed by atoms with van der Waals surface area (Å²) in [5, 5.41) is 12.6. The number of aryl methyl sites for hydroxylation is 1. The number of hydrogen-bond donors (Lipinski definition) is 2. The van der Waals surface area contributed by atoms with Crippen molar-refractivity contribution in [1.29, 1.82) is 0 Å². The number of nitrogens with zero attached hydrogens (tertiary/aromatic N) is 2. The van der Waals surface area contributed by atoms with Gasteiger partial charge >= 0.3 is 0 Å². The van der Waals surface area contributed by atoms with Crippen LogP contribution in [0.15, 0.2) is 24.3 Å². The lowest BCUT2D eigenvalue weighted by molar-refractivity contribution is 0.146. The van der Waals surface area contributed by atoms with Gasteiger partial charge in [0.25, 0.3) is 0 Å². The summed E-state index contributed by atoms with van der Waals surface area (Å²) in [6, 6.07) is 7.40. The normalized spacial score (nSPS) is 10.7. The van der Waals surface area contributed by atoms with E-state index in [0.29, 0.717) is 27.5 Å². The van der Waals surface area contributed by atoms with Gasteiger partial charge in [-0.2, -0.15) is 5.10 Å². The molecule has 2 aromatic rings. The fourth-order valence-electron chi connectivity index (χ4n) is 2.22. The predicted molar refractivity (Wildman–Crippen MR) is 108 cm³/mol. The van der Waals surface area contributed by atoms with Crippen LogP contribution in [0.2, 0.25) is 10.0 Å². The highest BCUT2D eigenvalue weighted by molar-refractivity contribution is 7.80. The van der Waals surface area contributed by atoms with E-state index >= 15 is 0 Å². The Kier molecular flexibility index (Phi) is 7.96. The molecule has 5 nitrogen and oxygen atoms in total. The molecule has 0 aliphatic carbocycles. The van der Waals surface area contributed by atoms with Crippen LogP contribution in [-0.4, -0.2) is 34.7 Å². The third-order valence-electron chi connectivity index (χ3n) is 3.51. The molecule has 0 aliphatic heterocycles. The van der Waals surface area contributed by atoms with Gasteiger partial charge in [-0.25, -0.2) is 0 Å². The Morgan fingerprint density at radius 1 is 1.32 bits per heavy atom. The number of benzene rings is 1. The molecule has 0 aliphatic rings. The van der Waals surface area contributed by atoms with Crippen LogP contribution in [0.4, 0.5) is 5.82 Å². The molecule has 1 aromatic heterocycles. The molecule has 0 amide bonds. The molecule has 136 valence electrons. The second kappa shape index (κ2) is 9.97. The van der Waals surface area contributed by atoms with Crippen molar-refractivity contribution in [3.8, 4) is 0 Å². The highest BCUT2D eigenvalue weighted by atomic mass is 35.5. The van der Waals surface area contributed by atoms with Crippen LogP contribution >= 0.6 is 35.4 Å². The van der Waals surface area contributed by atoms with Gasteiger partial charge in [-0.1, -0.05) is 29.3 Å². The monoisotopic (exact) mass is 400 g/mol. The third kappa shape index (κ3) is 6.47. The molecule has 1 aromatic carbocycles. The standard InChI is InChI=1S/C17H22Cl2N4OS/c1-3-24-8-4-7-20-17(25)21-16-9-12(2)23(22-16)11-13-5-6-14(18)10-15(13)19/h5-6,9-10H,3-4,7-8,11H2,1-2H3,(H2,20,21,22,25). The molecule has 0 spiro atoms. The number of hydrogen-bond acceptors (Lipinski definition) is 3. The minimum absolute atomic E-state index is 0.547. The second-order valence-electron chi connectivity index (χ2n) is 5.50. The van der Waals surface area contributed by atoms with E-state index in [1.807, 2.05) is 36.7 Å². The summed E-state index contributed by atoms with van der Waals surface area (Å²) in [5.74, 6) is 0.699. The molecular formula is C17H22Cl2N4OS. The van der Waals surface area contributed by atoms with Gasteiger partial charge in [-0.05, 0) is 50.2 Å². The van der Waals surface area contributed by atoms with Gasteiger partial charge < -0.3 is 15.4 Å². The SMILES string of the molecule is CCOCCCNC(=S)Nc1cc(C)n(Cc2ccc(Cl)cc2Cl)n1. The minimum Gasteiger partial charge on any atom is -0.382 e. The Labute approximate surface area is 163 Å². The van der Waals surface area contributed by atoms with E-state index in [1.165, 1.54) is 0 Å². The maximum Gasteiger partial charge on any atom is 0.171 e. The lowest BCUT2D eigenvalue weighted by Crippen LogP contribution is -2.30. The number of anilines is 1. The summed E-state index contributed by atoms with van der Waals surface area (Å²) in [7, 11) is 0. The lowest BCUT2D eigenvalue weighted by Gasteiger charge is -2.09. The van der Waals surface area contributed by atoms with Crippen molar-refractivity contribution in [2.24, 2.45) is 0 Å². The highest BCUT2D eigenvalue weighted by Crippen LogP contribution is 2.22. The maximum absolute atomic E-state index is 6.23. The molecule has 2 N–H and O–H groups in total. The third-order valence-corrected chi connectivity index (χ3v) is 4.35. The van der Waals surface area contributed by atoms with Gasteiger partial charge in [0.1, 0.15) is 0 Å². The zero-order valence-corrected chi connectivity index (χ0v) is 16.6. The maximum atomic E-state index is 6.23. The summed E-state index contributed by atoms with van der Waals surface area (Å²) >= 11 is 17.5. The molecule has 2 rings (SSSR count). The van der Waals surface area contributed by atoms with Gasteiger partial charge in [0.2, 0.25) is 0 Å². The molecule has 0 atom stereocenters. The molecular weight excluding hydrogens is 379 g/mol. The first-order chi connectivity index (χ1) is 12.0. The Morgan fingerprint density at radius 2 is 2.12 bits per heavy atom.